The molecule has 0 aromatic rings. The van der Waals surface area contributed by atoms with E-state index in [1.165, 1.54) is 64.7 Å². The van der Waals surface area contributed by atoms with Crippen LogP contribution in [-0.4, -0.2) is 29.6 Å². The lowest BCUT2D eigenvalue weighted by atomic mass is 9.97. The molecule has 0 aromatic heterocycles. The molecule has 2 unspecified atom stereocenters. The summed E-state index contributed by atoms with van der Waals surface area (Å²) in [5.41, 5.74) is 0. The molecule has 0 spiro atoms. The van der Waals surface area contributed by atoms with Crippen LogP contribution in [0.25, 0.3) is 0 Å². The highest BCUT2D eigenvalue weighted by atomic mass is 16.4. The van der Waals surface area contributed by atoms with Gasteiger partial charge in [0.15, 0.2) is 0 Å². The van der Waals surface area contributed by atoms with Crippen molar-refractivity contribution in [2.24, 2.45) is 11.8 Å². The average molecular weight is 387 g/mol. The summed E-state index contributed by atoms with van der Waals surface area (Å²) in [5, 5.41) is 15.6. The summed E-state index contributed by atoms with van der Waals surface area (Å²) < 4.78 is 0. The molecule has 2 N–H and O–H groups in total. The van der Waals surface area contributed by atoms with Gasteiger partial charge in [0.05, 0.1) is 0 Å². The van der Waals surface area contributed by atoms with Crippen LogP contribution in [0.4, 0.5) is 0 Å². The molecule has 0 aromatic carbocycles. The van der Waals surface area contributed by atoms with Gasteiger partial charge >= 0.3 is 5.97 Å². The Morgan fingerprint density at radius 2 is 1.19 bits per heavy atom. The molecule has 0 aliphatic heterocycles. The molecule has 0 saturated heterocycles. The normalized spacial score (nSPS) is 12.4. The number of aliphatic hydroxyl groups is 1. The van der Waals surface area contributed by atoms with E-state index >= 15 is 0 Å². The first kappa shape index (κ1) is 30.6. The zero-order valence-corrected chi connectivity index (χ0v) is 18.6. The lowest BCUT2D eigenvalue weighted by Gasteiger charge is -2.09. The summed E-state index contributed by atoms with van der Waals surface area (Å²) in [6, 6.07) is 0. The van der Waals surface area contributed by atoms with E-state index in [4.69, 9.17) is 15.0 Å². The Bertz CT molecular complexity index is 326. The van der Waals surface area contributed by atoms with Crippen LogP contribution in [-0.2, 0) is 9.59 Å². The largest absolute Gasteiger partial charge is 0.481 e. The van der Waals surface area contributed by atoms with E-state index < -0.39 is 5.97 Å². The zero-order valence-electron chi connectivity index (χ0n) is 18.6. The highest BCUT2D eigenvalue weighted by Gasteiger charge is 2.01. The van der Waals surface area contributed by atoms with Crippen molar-refractivity contribution >= 4 is 12.3 Å². The molecular formula is C23H46O4. The van der Waals surface area contributed by atoms with Crippen LogP contribution in [0.15, 0.2) is 12.2 Å². The Balaban J connectivity index is -0.00000104. The van der Waals surface area contributed by atoms with Crippen LogP contribution in [0.2, 0.25) is 0 Å². The predicted molar refractivity (Wildman–Crippen MR) is 116 cm³/mol. The topological polar surface area (TPSA) is 74.6 Å². The van der Waals surface area contributed by atoms with Gasteiger partial charge in [0.2, 0.25) is 0 Å². The lowest BCUT2D eigenvalue weighted by molar-refractivity contribution is -0.137. The van der Waals surface area contributed by atoms with Gasteiger partial charge in [0, 0.05) is 13.5 Å². The Kier molecular flexibility index (Phi) is 30.6. The van der Waals surface area contributed by atoms with Gasteiger partial charge in [-0.25, -0.2) is 0 Å². The number of rotatable bonds is 15. The number of unbranched alkanes of at least 4 members (excludes halogenated alkanes) is 7. The van der Waals surface area contributed by atoms with Gasteiger partial charge in [-0.05, 0) is 38.0 Å². The van der Waals surface area contributed by atoms with Gasteiger partial charge in [-0.2, -0.15) is 0 Å². The molecule has 0 saturated carbocycles. The molecule has 0 radical (unpaired) electrons. The molecule has 0 rings (SSSR count). The Morgan fingerprint density at radius 3 is 1.59 bits per heavy atom. The Labute approximate surface area is 168 Å². The fourth-order valence-electron chi connectivity index (χ4n) is 2.74. The summed E-state index contributed by atoms with van der Waals surface area (Å²) in [5.74, 6) is 0.731. The van der Waals surface area contributed by atoms with Crippen LogP contribution in [0.5, 0.6) is 0 Å². The van der Waals surface area contributed by atoms with Gasteiger partial charge in [0.1, 0.15) is 6.29 Å². The number of carbonyl (C=O) groups excluding carboxylic acids is 1. The predicted octanol–water partition coefficient (Wildman–Crippen LogP) is 6.41. The summed E-state index contributed by atoms with van der Waals surface area (Å²) in [4.78, 5) is 19.2. The van der Waals surface area contributed by atoms with Gasteiger partial charge < -0.3 is 15.0 Å². The number of hydrogen-bond donors (Lipinski definition) is 2. The zero-order chi connectivity index (χ0) is 21.3. The number of carbonyl (C=O) groups is 2. The maximum atomic E-state index is 10.4. The minimum absolute atomic E-state index is 0.329. The molecule has 0 heterocycles. The second-order valence-corrected chi connectivity index (χ2v) is 7.12. The molecule has 0 fully saturated rings. The molecule has 2 atom stereocenters. The highest BCUT2D eigenvalue weighted by molar-refractivity contribution is 5.66. The van der Waals surface area contributed by atoms with Crippen LogP contribution in [0.3, 0.4) is 0 Å². The first-order valence-corrected chi connectivity index (χ1v) is 10.7. The van der Waals surface area contributed by atoms with Crippen LogP contribution < -0.4 is 0 Å². The maximum absolute atomic E-state index is 10.4. The summed E-state index contributed by atoms with van der Waals surface area (Å²) in [7, 11) is 1.00. The maximum Gasteiger partial charge on any atom is 0.303 e. The van der Waals surface area contributed by atoms with Crippen molar-refractivity contribution in [1.82, 2.24) is 0 Å². The van der Waals surface area contributed by atoms with E-state index in [1.807, 2.05) is 0 Å². The van der Waals surface area contributed by atoms with E-state index in [9.17, 15) is 4.79 Å². The number of aldehydes is 1. The quantitative estimate of drug-likeness (QED) is 0.194. The molecular weight excluding hydrogens is 340 g/mol. The van der Waals surface area contributed by atoms with E-state index in [1.54, 1.807) is 0 Å². The molecule has 27 heavy (non-hydrogen) atoms. The number of aliphatic hydroxyl groups excluding tert-OH is 1. The highest BCUT2D eigenvalue weighted by Crippen LogP contribution is 2.16. The van der Waals surface area contributed by atoms with E-state index in [0.717, 1.165) is 32.2 Å². The second-order valence-electron chi connectivity index (χ2n) is 7.12. The lowest BCUT2D eigenvalue weighted by Crippen LogP contribution is -1.95. The Hall–Kier alpha value is -1.16. The van der Waals surface area contributed by atoms with Crippen LogP contribution in [0.1, 0.15) is 105 Å². The standard InChI is InChI=1S/C20H38O2.C2H4O.CH4O/c1-4-5-6-10-13-18(2)16-17-19(3)14-11-8-7-9-12-15-20(21)22;1-2-3;1-2/h16-19H,4-15H2,1-3H3,(H,21,22);2H,1H3;2H,1H3/b17-16-;;. The molecule has 0 amide bonds. The number of hydrogen-bond acceptors (Lipinski definition) is 3. The third kappa shape index (κ3) is 32.9. The minimum atomic E-state index is -0.664. The first-order chi connectivity index (χ1) is 13.0. The summed E-state index contributed by atoms with van der Waals surface area (Å²) in [6.07, 6.45) is 19.5. The van der Waals surface area contributed by atoms with Crippen molar-refractivity contribution in [3.05, 3.63) is 12.2 Å². The molecule has 0 aliphatic carbocycles. The number of allylic oxidation sites excluding steroid dienone is 2. The minimum Gasteiger partial charge on any atom is -0.481 e. The summed E-state index contributed by atoms with van der Waals surface area (Å²) >= 11 is 0. The molecule has 0 aliphatic rings. The fraction of sp³-hybridized carbons (Fsp3) is 0.826. The van der Waals surface area contributed by atoms with Crippen molar-refractivity contribution in [2.75, 3.05) is 7.11 Å². The van der Waals surface area contributed by atoms with Crippen molar-refractivity contribution in [1.29, 1.82) is 0 Å². The van der Waals surface area contributed by atoms with E-state index in [0.29, 0.717) is 12.3 Å². The van der Waals surface area contributed by atoms with Crippen molar-refractivity contribution in [3.8, 4) is 0 Å². The SMILES string of the molecule is CC=O.CCCCCCC(C)/C=C\C(C)CCCCCCCC(=O)O.CO. The third-order valence-electron chi connectivity index (χ3n) is 4.33. The summed E-state index contributed by atoms with van der Waals surface area (Å²) in [6.45, 7) is 8.35. The monoisotopic (exact) mass is 386 g/mol. The first-order valence-electron chi connectivity index (χ1n) is 10.7. The van der Waals surface area contributed by atoms with Crippen molar-refractivity contribution in [3.63, 3.8) is 0 Å². The molecule has 4 heteroatoms. The molecule has 4 nitrogen and oxygen atoms in total. The fourth-order valence-corrected chi connectivity index (χ4v) is 2.74. The van der Waals surface area contributed by atoms with Gasteiger partial charge in [0.25, 0.3) is 0 Å². The average Bonchev–Trinajstić information content (AvgIpc) is 2.65. The van der Waals surface area contributed by atoms with Gasteiger partial charge in [-0.15, -0.1) is 0 Å². The van der Waals surface area contributed by atoms with E-state index in [-0.39, 0.29) is 0 Å². The van der Waals surface area contributed by atoms with Crippen LogP contribution in [0, 0.1) is 11.8 Å². The molecule has 0 bridgehead atoms. The van der Waals surface area contributed by atoms with E-state index in [2.05, 4.69) is 32.9 Å². The van der Waals surface area contributed by atoms with Crippen molar-refractivity contribution in [2.45, 2.75) is 105 Å². The molecule has 162 valence electrons. The van der Waals surface area contributed by atoms with Gasteiger partial charge in [-0.3, -0.25) is 4.79 Å². The number of carboxylic acids is 1. The number of carboxylic acid groups (broad SMARTS) is 1. The number of aliphatic carboxylic acids is 1. The smallest absolute Gasteiger partial charge is 0.303 e. The van der Waals surface area contributed by atoms with Gasteiger partial charge in [-0.1, -0.05) is 84.3 Å². The second kappa shape index (κ2) is 27.1. The van der Waals surface area contributed by atoms with Crippen LogP contribution >= 0.6 is 0 Å². The third-order valence-corrected chi connectivity index (χ3v) is 4.33. The van der Waals surface area contributed by atoms with Crippen molar-refractivity contribution < 1.29 is 19.8 Å². The Morgan fingerprint density at radius 1 is 0.815 bits per heavy atom.